The van der Waals surface area contributed by atoms with Crippen LogP contribution in [0.3, 0.4) is 0 Å². The van der Waals surface area contributed by atoms with Gasteiger partial charge in [0, 0.05) is 30.2 Å². The zero-order chi connectivity index (χ0) is 17.5. The second-order valence-corrected chi connectivity index (χ2v) is 8.04. The van der Waals surface area contributed by atoms with Crippen LogP contribution in [0.2, 0.25) is 0 Å². The fourth-order valence-electron chi connectivity index (χ4n) is 3.28. The van der Waals surface area contributed by atoms with Crippen molar-refractivity contribution in [1.82, 2.24) is 19.8 Å². The van der Waals surface area contributed by atoms with Crippen molar-refractivity contribution >= 4 is 17.3 Å². The molecule has 2 aromatic rings. The van der Waals surface area contributed by atoms with Crippen molar-refractivity contribution in [2.45, 2.75) is 58.3 Å². The van der Waals surface area contributed by atoms with E-state index in [-0.39, 0.29) is 17.6 Å². The van der Waals surface area contributed by atoms with E-state index in [0.717, 1.165) is 10.8 Å². The molecule has 0 amide bonds. The zero-order valence-electron chi connectivity index (χ0n) is 15.0. The molecule has 1 N–H and O–H groups in total. The van der Waals surface area contributed by atoms with Gasteiger partial charge in [-0.1, -0.05) is 6.07 Å². The number of rotatable bonds is 3. The van der Waals surface area contributed by atoms with Gasteiger partial charge in [-0.05, 0) is 70.6 Å². The topological polar surface area (TPSA) is 33.1 Å². The van der Waals surface area contributed by atoms with Gasteiger partial charge in [-0.2, -0.15) is 0 Å². The van der Waals surface area contributed by atoms with Gasteiger partial charge in [0.25, 0.3) is 0 Å². The van der Waals surface area contributed by atoms with Gasteiger partial charge < -0.3 is 14.8 Å². The van der Waals surface area contributed by atoms with E-state index in [1.165, 1.54) is 5.56 Å². The van der Waals surface area contributed by atoms with Gasteiger partial charge in [-0.25, -0.2) is 0 Å². The molecular weight excluding hydrogens is 316 g/mol. The third kappa shape index (κ3) is 3.05. The van der Waals surface area contributed by atoms with Gasteiger partial charge >= 0.3 is 0 Å². The molecule has 2 aromatic heterocycles. The lowest BCUT2D eigenvalue weighted by molar-refractivity contribution is 0.269. The maximum Gasteiger partial charge on any atom is 0.170 e. The molecule has 1 aliphatic rings. The summed E-state index contributed by atoms with van der Waals surface area (Å²) in [6, 6.07) is 8.79. The van der Waals surface area contributed by atoms with E-state index < -0.39 is 0 Å². The van der Waals surface area contributed by atoms with Crippen LogP contribution in [0.4, 0.5) is 0 Å². The summed E-state index contributed by atoms with van der Waals surface area (Å²) in [6.45, 7) is 11.0. The first kappa shape index (κ1) is 17.0. The Morgan fingerprint density at radius 3 is 2.50 bits per heavy atom. The molecule has 0 radical (unpaired) electrons. The van der Waals surface area contributed by atoms with Gasteiger partial charge in [0.05, 0.1) is 17.8 Å². The molecule has 0 aliphatic carbocycles. The summed E-state index contributed by atoms with van der Waals surface area (Å²) >= 11 is 5.63. The third-order valence-corrected chi connectivity index (χ3v) is 4.85. The van der Waals surface area contributed by atoms with Gasteiger partial charge in [-0.3, -0.25) is 4.98 Å². The Morgan fingerprint density at radius 2 is 1.96 bits per heavy atom. The van der Waals surface area contributed by atoms with E-state index in [4.69, 9.17) is 12.2 Å². The second kappa shape index (κ2) is 6.20. The molecule has 1 saturated heterocycles. The van der Waals surface area contributed by atoms with Gasteiger partial charge in [-0.15, -0.1) is 0 Å². The van der Waals surface area contributed by atoms with Crippen molar-refractivity contribution in [2.75, 3.05) is 0 Å². The lowest BCUT2D eigenvalue weighted by Crippen LogP contribution is -2.35. The first-order valence-corrected chi connectivity index (χ1v) is 8.88. The van der Waals surface area contributed by atoms with Crippen molar-refractivity contribution in [1.29, 1.82) is 0 Å². The molecule has 3 rings (SSSR count). The minimum Gasteiger partial charge on any atom is -0.352 e. The summed E-state index contributed by atoms with van der Waals surface area (Å²) in [5.41, 5.74) is 2.35. The number of nitrogens with one attached hydrogen (secondary N) is 1. The average molecular weight is 343 g/mol. The largest absolute Gasteiger partial charge is 0.352 e. The summed E-state index contributed by atoms with van der Waals surface area (Å²) in [7, 11) is 0. The van der Waals surface area contributed by atoms with E-state index in [9.17, 15) is 0 Å². The quantitative estimate of drug-likeness (QED) is 0.854. The average Bonchev–Trinajstić information content (AvgIpc) is 3.11. The molecule has 3 heterocycles. The molecule has 0 spiro atoms. The summed E-state index contributed by atoms with van der Waals surface area (Å²) in [5.74, 6) is 0. The first-order valence-electron chi connectivity index (χ1n) is 8.47. The Balaban J connectivity index is 2.04. The maximum atomic E-state index is 5.63. The molecule has 128 valence electrons. The third-order valence-electron chi connectivity index (χ3n) is 4.52. The Hall–Kier alpha value is -1.88. The van der Waals surface area contributed by atoms with Crippen LogP contribution in [-0.2, 0) is 5.54 Å². The van der Waals surface area contributed by atoms with E-state index >= 15 is 0 Å². The van der Waals surface area contributed by atoms with Crippen LogP contribution in [0, 0.1) is 0 Å². The lowest BCUT2D eigenvalue weighted by atomic mass is 9.98. The number of aromatic nitrogens is 2. The highest BCUT2D eigenvalue weighted by molar-refractivity contribution is 7.80. The number of nitrogens with zero attached hydrogens (tertiary/aromatic N) is 3. The normalized spacial score (nSPS) is 21.4. The van der Waals surface area contributed by atoms with Crippen molar-refractivity contribution in [3.05, 3.63) is 54.1 Å². The van der Waals surface area contributed by atoms with Crippen molar-refractivity contribution in [3.63, 3.8) is 0 Å². The van der Waals surface area contributed by atoms with E-state index in [1.54, 1.807) is 0 Å². The predicted molar refractivity (Wildman–Crippen MR) is 102 cm³/mol. The molecule has 24 heavy (non-hydrogen) atoms. The van der Waals surface area contributed by atoms with Crippen LogP contribution < -0.4 is 5.32 Å². The zero-order valence-corrected chi connectivity index (χ0v) is 15.8. The monoisotopic (exact) mass is 342 g/mol. The van der Waals surface area contributed by atoms with Crippen LogP contribution in [0.15, 0.2) is 42.9 Å². The van der Waals surface area contributed by atoms with Gasteiger partial charge in [0.2, 0.25) is 0 Å². The Labute approximate surface area is 149 Å². The van der Waals surface area contributed by atoms with Gasteiger partial charge in [0.15, 0.2) is 5.11 Å². The standard InChI is InChI=1S/C19H26N4S/c1-13(2)23-17(14-9-11-22(12-14)19(3,4)5)16(21-18(23)24)15-8-6-7-10-20-15/h6-13,16-17H,1-5H3,(H,21,24)/t16-,17+/m0/s1. The first-order chi connectivity index (χ1) is 11.3. The molecule has 5 heteroatoms. The summed E-state index contributed by atoms with van der Waals surface area (Å²) in [6.07, 6.45) is 6.24. The smallest absolute Gasteiger partial charge is 0.170 e. The molecule has 1 fully saturated rings. The fourth-order valence-corrected chi connectivity index (χ4v) is 3.73. The number of hydrogen-bond donors (Lipinski definition) is 1. The Morgan fingerprint density at radius 1 is 1.21 bits per heavy atom. The Kier molecular flexibility index (Phi) is 4.38. The molecule has 0 bridgehead atoms. The van der Waals surface area contributed by atoms with E-state index in [0.29, 0.717) is 6.04 Å². The molecule has 0 aromatic carbocycles. The highest BCUT2D eigenvalue weighted by atomic mass is 32.1. The minimum atomic E-state index is 0.0634. The minimum absolute atomic E-state index is 0.0634. The molecule has 0 saturated carbocycles. The van der Waals surface area contributed by atoms with Crippen LogP contribution in [-0.4, -0.2) is 25.6 Å². The molecule has 4 nitrogen and oxygen atoms in total. The van der Waals surface area contributed by atoms with Crippen LogP contribution in [0.5, 0.6) is 0 Å². The van der Waals surface area contributed by atoms with Crippen molar-refractivity contribution in [2.24, 2.45) is 0 Å². The number of thiocarbonyl (C=S) groups is 1. The second-order valence-electron chi connectivity index (χ2n) is 7.65. The van der Waals surface area contributed by atoms with Crippen molar-refractivity contribution in [3.8, 4) is 0 Å². The maximum absolute atomic E-state index is 5.63. The summed E-state index contributed by atoms with van der Waals surface area (Å²) in [4.78, 5) is 6.85. The molecule has 0 unspecified atom stereocenters. The predicted octanol–water partition coefficient (Wildman–Crippen LogP) is 4.02. The number of pyridine rings is 1. The van der Waals surface area contributed by atoms with E-state index in [1.807, 2.05) is 18.3 Å². The van der Waals surface area contributed by atoms with Crippen LogP contribution in [0.1, 0.15) is 58.0 Å². The lowest BCUT2D eigenvalue weighted by Gasteiger charge is -2.30. The van der Waals surface area contributed by atoms with Crippen LogP contribution in [0.25, 0.3) is 0 Å². The molecule has 2 atom stereocenters. The number of hydrogen-bond acceptors (Lipinski definition) is 2. The Bertz CT molecular complexity index is 714. The van der Waals surface area contributed by atoms with Gasteiger partial charge in [0.1, 0.15) is 0 Å². The SMILES string of the molecule is CC(C)N1C(=S)N[C@@H](c2ccccn2)[C@H]1c1ccn(C(C)(C)C)c1. The summed E-state index contributed by atoms with van der Waals surface area (Å²) < 4.78 is 2.26. The van der Waals surface area contributed by atoms with Crippen molar-refractivity contribution < 1.29 is 0 Å². The fraction of sp³-hybridized carbons (Fsp3) is 0.474. The highest BCUT2D eigenvalue weighted by Gasteiger charge is 2.41. The highest BCUT2D eigenvalue weighted by Crippen LogP contribution is 2.40. The van der Waals surface area contributed by atoms with E-state index in [2.05, 4.69) is 78.9 Å². The summed E-state index contributed by atoms with van der Waals surface area (Å²) in [5, 5.41) is 4.28. The molecule has 1 aliphatic heterocycles. The molecular formula is C19H26N4S. The van der Waals surface area contributed by atoms with Crippen LogP contribution >= 0.6 is 12.2 Å².